The summed E-state index contributed by atoms with van der Waals surface area (Å²) in [5.41, 5.74) is 34.9. The molecule has 0 radical (unpaired) electrons. The molecule has 0 aliphatic carbocycles. The molecule has 13 atom stereocenters. The van der Waals surface area contributed by atoms with E-state index in [2.05, 4.69) is 89.7 Å². The van der Waals surface area contributed by atoms with Gasteiger partial charge in [-0.3, -0.25) is 83.4 Å². The number of nitrogen functional groups attached to an aromatic ring is 1. The minimum Gasteiger partial charge on any atom is -0.508 e. The molecule has 1 heterocycles. The number of carbonyl (C=O) groups is 15. The first-order valence-electron chi connectivity index (χ1n) is 40.2. The summed E-state index contributed by atoms with van der Waals surface area (Å²) in [5.74, 6) is -19.1. The first-order chi connectivity index (χ1) is 58.4. The van der Waals surface area contributed by atoms with Crippen molar-refractivity contribution in [2.45, 2.75) is 217 Å². The number of aliphatic carboxylic acids is 1. The number of nitrogens with zero attached hydrogens (tertiary/aromatic N) is 1. The maximum absolute atomic E-state index is 14.9. The number of aromatic nitrogens is 2. The highest BCUT2D eigenvalue weighted by atomic mass is 16.4. The van der Waals surface area contributed by atoms with E-state index in [9.17, 15) is 92.3 Å². The Labute approximate surface area is 715 Å². The number of amides is 14. The number of benzene rings is 3. The van der Waals surface area contributed by atoms with Crippen molar-refractivity contribution in [3.8, 4) is 11.5 Å². The van der Waals surface area contributed by atoms with Crippen LogP contribution in [0.15, 0.2) is 85.3 Å². The van der Waals surface area contributed by atoms with Crippen molar-refractivity contribution in [1.82, 2.24) is 89.7 Å². The second-order valence-corrected chi connectivity index (χ2v) is 30.9. The third kappa shape index (κ3) is 37.4. The van der Waals surface area contributed by atoms with E-state index >= 15 is 0 Å². The summed E-state index contributed by atoms with van der Waals surface area (Å²) >= 11 is 0. The fourth-order valence-corrected chi connectivity index (χ4v) is 12.6. The molecular weight excluding hydrogens is 1620 g/mol. The average Bonchev–Trinajstić information content (AvgIpc) is 0.895. The van der Waals surface area contributed by atoms with Crippen LogP contribution in [-0.4, -0.2) is 235 Å². The number of carboxylic acid groups (broad SMARTS) is 1. The number of carboxylic acids is 1. The van der Waals surface area contributed by atoms with Gasteiger partial charge in [-0.15, -0.1) is 0 Å². The number of para-hydroxylation sites is 1. The van der Waals surface area contributed by atoms with Crippen LogP contribution in [0.3, 0.4) is 0 Å². The van der Waals surface area contributed by atoms with Gasteiger partial charge in [-0.25, -0.2) is 9.78 Å². The quantitative estimate of drug-likeness (QED) is 0.00850. The Morgan fingerprint density at radius 3 is 1.17 bits per heavy atom. The number of aliphatic hydroxyl groups is 1. The lowest BCUT2D eigenvalue weighted by Gasteiger charge is -2.30. The van der Waals surface area contributed by atoms with Gasteiger partial charge < -0.3 is 140 Å². The Morgan fingerprint density at radius 1 is 0.411 bits per heavy atom. The van der Waals surface area contributed by atoms with Gasteiger partial charge >= 0.3 is 5.97 Å². The van der Waals surface area contributed by atoms with E-state index in [1.807, 2.05) is 0 Å². The summed E-state index contributed by atoms with van der Waals surface area (Å²) in [6.07, 6.45) is -2.68. The predicted octanol–water partition coefficient (Wildman–Crippen LogP) is -5.29. The van der Waals surface area contributed by atoms with Crippen LogP contribution in [0.25, 0.3) is 0 Å². The van der Waals surface area contributed by atoms with Crippen LogP contribution in [0, 0.1) is 34.0 Å². The molecule has 680 valence electrons. The van der Waals surface area contributed by atoms with Gasteiger partial charge in [0, 0.05) is 62.9 Å². The zero-order valence-electron chi connectivity index (χ0n) is 70.2. The molecule has 0 unspecified atom stereocenters. The minimum atomic E-state index is -1.95. The normalized spacial score (nSPS) is 14.2. The van der Waals surface area contributed by atoms with Gasteiger partial charge in [-0.05, 0) is 130 Å². The fourth-order valence-electron chi connectivity index (χ4n) is 12.6. The average molecular weight is 1740 g/mol. The van der Waals surface area contributed by atoms with Gasteiger partial charge in [0.1, 0.15) is 84.0 Å². The number of nitrogens with one attached hydrogen (secondary N) is 19. The number of rotatable bonds is 54. The summed E-state index contributed by atoms with van der Waals surface area (Å²) in [4.78, 5) is 218. The van der Waals surface area contributed by atoms with Crippen LogP contribution in [0.1, 0.15) is 146 Å². The van der Waals surface area contributed by atoms with Crippen molar-refractivity contribution in [3.05, 3.63) is 108 Å². The number of phenols is 2. The highest BCUT2D eigenvalue weighted by Crippen LogP contribution is 2.19. The summed E-state index contributed by atoms with van der Waals surface area (Å²) in [6.45, 7) is 10.8. The predicted molar refractivity (Wildman–Crippen MR) is 452 cm³/mol. The standard InChI is InChI=1S/C79H120N26O19/c1-39(2)31-54(98-70(117)56(33-43-18-22-46(107)23-19-43)100-71(118)57(35-45-37-89-38-93-45)101-66(113)50(15-10-28-90-77(83)84)94-64(111)48-13-8-9-14-49(48)80)69(116)102-58(36-61(82)110)72(119)99-55(32-40(3)4)73(120)104-62(41(5)6)74(121)105-63(42(7)106)75(122)97-52(17-12-30-92-79(87)88)65(112)96-53(26-27-60(81)109)68(115)95-51(16-11-29-91-78(85)86)67(114)103-59(76(123)124)34-44-20-24-47(108)25-21-44/h8-9,13-14,18-25,37-42,50-59,62-63,106-108H,10-12,15-17,26-36,80H2,1-7H3,(H2,81,109)(H2,82,110)(H,89,93)(H,94,111)(H,95,115)(H,96,112)(H,97,122)(H,98,117)(H,99,119)(H,100,118)(H,101,113)(H,102,116)(H,103,114)(H,104,120)(H,105,121)(H,123,124)(H4,83,84,90)(H4,85,86,91)(H4,87,88,92)/t42-,50+,51+,52+,53+,54+,55+,56+,57+,58+,59+,62+,63+/m1/s1. The number of guanidine groups is 3. The molecule has 4 aromatic rings. The number of carbonyl (C=O) groups excluding carboxylic acids is 14. The molecule has 0 saturated heterocycles. The van der Waals surface area contributed by atoms with E-state index in [0.29, 0.717) is 16.8 Å². The summed E-state index contributed by atoms with van der Waals surface area (Å²) < 4.78 is 0. The van der Waals surface area contributed by atoms with Crippen LogP contribution in [-0.2, 0) is 86.4 Å². The molecule has 3 aromatic carbocycles. The van der Waals surface area contributed by atoms with E-state index in [1.165, 1.54) is 87.0 Å². The number of hydrogen-bond acceptors (Lipinski definition) is 23. The molecule has 45 nitrogen and oxygen atoms in total. The van der Waals surface area contributed by atoms with Crippen molar-refractivity contribution >= 4 is 112 Å². The van der Waals surface area contributed by atoms with Crippen molar-refractivity contribution in [3.63, 3.8) is 0 Å². The third-order valence-corrected chi connectivity index (χ3v) is 19.0. The van der Waals surface area contributed by atoms with Crippen molar-refractivity contribution in [2.24, 2.45) is 46.4 Å². The molecule has 45 heteroatoms. The molecule has 124 heavy (non-hydrogen) atoms. The lowest BCUT2D eigenvalue weighted by atomic mass is 9.98. The number of anilines is 1. The topological polar surface area (TPSA) is 774 Å². The monoisotopic (exact) mass is 1740 g/mol. The summed E-state index contributed by atoms with van der Waals surface area (Å²) in [7, 11) is 0. The molecule has 1 aromatic heterocycles. The Morgan fingerprint density at radius 2 is 0.766 bits per heavy atom. The fraction of sp³-hybridized carbons (Fsp3) is 0.506. The Hall–Kier alpha value is -13.9. The Bertz CT molecular complexity index is 4320. The second-order valence-electron chi connectivity index (χ2n) is 30.9. The number of primary amides is 2. The van der Waals surface area contributed by atoms with Gasteiger partial charge in [0.15, 0.2) is 17.9 Å². The number of aromatic hydroxyl groups is 2. The second kappa shape index (κ2) is 51.6. The number of phenolic OH excluding ortho intramolecular Hbond substituents is 2. The molecule has 0 saturated carbocycles. The van der Waals surface area contributed by atoms with Crippen molar-refractivity contribution in [1.29, 1.82) is 16.2 Å². The Kier molecular flexibility index (Phi) is 42.7. The van der Waals surface area contributed by atoms with Crippen LogP contribution in [0.4, 0.5) is 5.69 Å². The third-order valence-electron chi connectivity index (χ3n) is 19.0. The zero-order chi connectivity index (χ0) is 92.6. The molecule has 4 rings (SSSR count). The van der Waals surface area contributed by atoms with Crippen LogP contribution in [0.2, 0.25) is 0 Å². The van der Waals surface area contributed by atoms with E-state index in [0.717, 1.165) is 6.92 Å². The van der Waals surface area contributed by atoms with E-state index in [1.54, 1.807) is 39.8 Å². The van der Waals surface area contributed by atoms with Crippen molar-refractivity contribution < 1.29 is 92.3 Å². The molecule has 0 fully saturated rings. The highest BCUT2D eigenvalue weighted by molar-refractivity contribution is 6.03. The number of imidazole rings is 1. The largest absolute Gasteiger partial charge is 0.508 e. The van der Waals surface area contributed by atoms with Crippen LogP contribution >= 0.6 is 0 Å². The highest BCUT2D eigenvalue weighted by Gasteiger charge is 2.40. The minimum absolute atomic E-state index is 0.00658. The number of aliphatic hydroxyl groups excluding tert-OH is 1. The number of hydrogen-bond donors (Lipinski definition) is 29. The first-order valence-corrected chi connectivity index (χ1v) is 40.2. The van der Waals surface area contributed by atoms with E-state index in [-0.39, 0.29) is 119 Å². The van der Waals surface area contributed by atoms with Crippen molar-refractivity contribution in [2.75, 3.05) is 25.4 Å². The maximum atomic E-state index is 14.9. The lowest BCUT2D eigenvalue weighted by molar-refractivity contribution is -0.142. The van der Waals surface area contributed by atoms with Gasteiger partial charge in [0.25, 0.3) is 5.91 Å². The molecule has 0 aliphatic rings. The SMILES string of the molecule is CC(C)C[C@H](NC(=O)[C@H](Cc1ccc(O)cc1)NC(=O)[C@H](Cc1cnc[nH]1)NC(=O)[C@H](CCCNC(=N)N)NC(=O)c1ccccc1N)C(=O)N[C@@H](CC(N)=O)C(=O)N[C@@H](CC(C)C)C(=O)N[C@H](C(=O)N[C@H](C(=O)N[C@@H](CCCNC(=N)N)C(=O)N[C@@H](CCC(N)=O)C(=O)N[C@@H](CCCNC(=N)N)C(=O)N[C@@H](Cc1ccc(O)cc1)C(=O)O)[C@@H](C)O)C(C)C. The van der Waals surface area contributed by atoms with Gasteiger partial charge in [-0.2, -0.15) is 0 Å². The number of aromatic amines is 1. The maximum Gasteiger partial charge on any atom is 0.326 e. The molecule has 0 spiro atoms. The number of nitrogens with two attached hydrogens (primary N) is 6. The Balaban J connectivity index is 1.62. The van der Waals surface area contributed by atoms with Gasteiger partial charge in [0.2, 0.25) is 76.8 Å². The first kappa shape index (κ1) is 102. The van der Waals surface area contributed by atoms with Crippen LogP contribution in [0.5, 0.6) is 11.5 Å². The molecule has 0 aliphatic heterocycles. The van der Waals surface area contributed by atoms with Crippen LogP contribution < -0.4 is 114 Å². The zero-order valence-corrected chi connectivity index (χ0v) is 70.2. The molecular formula is C79H120N26O19. The van der Waals surface area contributed by atoms with E-state index < -0.39 is 216 Å². The molecule has 0 bridgehead atoms. The summed E-state index contributed by atoms with van der Waals surface area (Å²) in [5, 5.41) is 102. The lowest BCUT2D eigenvalue weighted by Crippen LogP contribution is -2.63. The van der Waals surface area contributed by atoms with Gasteiger partial charge in [0.05, 0.1) is 24.4 Å². The van der Waals surface area contributed by atoms with Gasteiger partial charge in [-0.1, -0.05) is 77.9 Å². The van der Waals surface area contributed by atoms with E-state index in [4.69, 9.17) is 50.6 Å². The molecule has 35 N–H and O–H groups in total. The summed E-state index contributed by atoms with van der Waals surface area (Å²) in [6, 6.07) is -2.51. The molecule has 14 amide bonds. The smallest absolute Gasteiger partial charge is 0.326 e. The number of H-pyrrole nitrogens is 1.